The molecule has 0 unspecified atom stereocenters. The van der Waals surface area contributed by atoms with E-state index in [2.05, 4.69) is 10.6 Å². The van der Waals surface area contributed by atoms with E-state index < -0.39 is 66.3 Å². The van der Waals surface area contributed by atoms with Crippen molar-refractivity contribution in [2.24, 2.45) is 0 Å². The smallest absolute Gasteiger partial charge is 0.369 e. The number of amides is 1. The van der Waals surface area contributed by atoms with Crippen LogP contribution >= 0.6 is 30.4 Å². The molecule has 0 saturated carbocycles. The molecule has 20 heteroatoms. The number of benzene rings is 1. The van der Waals surface area contributed by atoms with Crippen LogP contribution in [-0.4, -0.2) is 73.7 Å². The average molecular weight is 542 g/mol. The standard InChI is InChI=1S/C12H22N2O14P4/c15-11(13-6-5-12(16,31(23,24)25)32(26,27)28)8-1-3-9(4-2-8)14-7-10(29(17,18)19)30(20,21)22/h1-4,10,14,16H,5-7H2,(H,13,15)(H2,17,18,19)(H2,20,21,22)(H2,23,24,25)(H2,26,27,28). The van der Waals surface area contributed by atoms with E-state index in [1.807, 2.05) is 0 Å². The largest absolute Gasteiger partial charge is 0.383 e. The second-order valence-electron chi connectivity index (χ2n) is 6.49. The van der Waals surface area contributed by atoms with Gasteiger partial charge in [-0.05, 0) is 24.3 Å². The predicted octanol–water partition coefficient (Wildman–Crippen LogP) is -1.10. The van der Waals surface area contributed by atoms with E-state index in [1.165, 1.54) is 24.3 Å². The van der Waals surface area contributed by atoms with Crippen LogP contribution in [-0.2, 0) is 18.3 Å². The SMILES string of the molecule is O=C(NCCC(O)(P(=O)(O)O)P(=O)(O)O)c1ccc(NCC(P(=O)(O)O)P(=O)(O)O)cc1. The Hall–Kier alpha value is -0.950. The molecular weight excluding hydrogens is 520 g/mol. The van der Waals surface area contributed by atoms with Crippen LogP contribution in [0.2, 0.25) is 0 Å². The molecule has 0 spiro atoms. The van der Waals surface area contributed by atoms with Crippen LogP contribution in [0.25, 0.3) is 0 Å². The average Bonchev–Trinajstić information content (AvgIpc) is 2.57. The van der Waals surface area contributed by atoms with Crippen molar-refractivity contribution in [3.05, 3.63) is 29.8 Å². The van der Waals surface area contributed by atoms with Crippen LogP contribution in [0.5, 0.6) is 0 Å². The van der Waals surface area contributed by atoms with Crippen molar-refractivity contribution in [2.75, 3.05) is 18.4 Å². The van der Waals surface area contributed by atoms with Gasteiger partial charge in [0.05, 0.1) is 0 Å². The van der Waals surface area contributed by atoms with E-state index in [0.717, 1.165) is 0 Å². The molecule has 1 amide bonds. The van der Waals surface area contributed by atoms with Crippen LogP contribution in [0.15, 0.2) is 24.3 Å². The van der Waals surface area contributed by atoms with Gasteiger partial charge in [0.1, 0.15) is 0 Å². The molecule has 0 saturated heterocycles. The van der Waals surface area contributed by atoms with E-state index in [1.54, 1.807) is 0 Å². The molecular formula is C12H22N2O14P4. The van der Waals surface area contributed by atoms with Crippen molar-refractivity contribution < 1.29 is 67.3 Å². The Morgan fingerprint density at radius 1 is 0.844 bits per heavy atom. The minimum absolute atomic E-state index is 0.0621. The number of rotatable bonds is 11. The fraction of sp³-hybridized carbons (Fsp3) is 0.417. The zero-order valence-electron chi connectivity index (χ0n) is 15.9. The number of hydrogen-bond acceptors (Lipinski definition) is 7. The molecule has 0 radical (unpaired) electrons. The summed E-state index contributed by atoms with van der Waals surface area (Å²) in [6.07, 6.45) is -1.17. The summed E-state index contributed by atoms with van der Waals surface area (Å²) in [5, 5.41) is 8.24. The van der Waals surface area contributed by atoms with Gasteiger partial charge in [-0.15, -0.1) is 0 Å². The molecule has 1 rings (SSSR count). The molecule has 16 nitrogen and oxygen atoms in total. The molecule has 1 aromatic carbocycles. The maximum atomic E-state index is 12.1. The van der Waals surface area contributed by atoms with Crippen LogP contribution in [0.4, 0.5) is 5.69 Å². The van der Waals surface area contributed by atoms with Crippen molar-refractivity contribution in [2.45, 2.75) is 16.9 Å². The summed E-state index contributed by atoms with van der Waals surface area (Å²) in [6.45, 7) is -1.51. The topological polar surface area (TPSA) is 291 Å². The lowest BCUT2D eigenvalue weighted by Gasteiger charge is -2.29. The highest BCUT2D eigenvalue weighted by Gasteiger charge is 2.58. The molecule has 0 bridgehead atoms. The van der Waals surface area contributed by atoms with Gasteiger partial charge in [-0.1, -0.05) is 0 Å². The number of hydrogen-bond donors (Lipinski definition) is 11. The normalized spacial score (nSPS) is 13.8. The van der Waals surface area contributed by atoms with Gasteiger partial charge >= 0.3 is 30.4 Å². The van der Waals surface area contributed by atoms with E-state index >= 15 is 0 Å². The zero-order chi connectivity index (χ0) is 25.2. The van der Waals surface area contributed by atoms with E-state index in [0.29, 0.717) is 0 Å². The Morgan fingerprint density at radius 2 is 1.28 bits per heavy atom. The first-order valence-corrected chi connectivity index (χ1v) is 14.8. The maximum absolute atomic E-state index is 12.1. The van der Waals surface area contributed by atoms with Gasteiger partial charge in [0.15, 0.2) is 5.40 Å². The Kier molecular flexibility index (Phi) is 9.20. The summed E-state index contributed by atoms with van der Waals surface area (Å²) >= 11 is 0. The third kappa shape index (κ3) is 7.54. The van der Waals surface area contributed by atoms with Crippen molar-refractivity contribution in [1.82, 2.24) is 5.32 Å². The van der Waals surface area contributed by atoms with Crippen LogP contribution in [0, 0.1) is 0 Å². The maximum Gasteiger partial charge on any atom is 0.369 e. The zero-order valence-corrected chi connectivity index (χ0v) is 19.4. The second-order valence-corrected chi connectivity index (χ2v) is 14.5. The number of aliphatic hydroxyl groups is 1. The molecule has 0 fully saturated rings. The first kappa shape index (κ1) is 29.1. The highest BCUT2D eigenvalue weighted by Crippen LogP contribution is 2.68. The van der Waals surface area contributed by atoms with Crippen molar-refractivity contribution >= 4 is 42.0 Å². The Labute approximate surface area is 180 Å². The second kappa shape index (κ2) is 10.1. The Balaban J connectivity index is 2.78. The van der Waals surface area contributed by atoms with Crippen LogP contribution < -0.4 is 10.6 Å². The lowest BCUT2D eigenvalue weighted by molar-refractivity contribution is 0.0926. The molecule has 32 heavy (non-hydrogen) atoms. The molecule has 0 heterocycles. The van der Waals surface area contributed by atoms with Crippen LogP contribution in [0.1, 0.15) is 16.8 Å². The number of anilines is 1. The first-order valence-electron chi connectivity index (χ1n) is 8.26. The van der Waals surface area contributed by atoms with Gasteiger partial charge < -0.3 is 54.9 Å². The molecule has 11 N–H and O–H groups in total. The highest BCUT2D eigenvalue weighted by atomic mass is 31.2. The van der Waals surface area contributed by atoms with Crippen molar-refractivity contribution in [3.63, 3.8) is 0 Å². The summed E-state index contributed by atoms with van der Waals surface area (Å²) in [7, 11) is -21.6. The molecule has 0 aromatic heterocycles. The molecule has 1 aromatic rings. The summed E-state index contributed by atoms with van der Waals surface area (Å²) in [6, 6.07) is 4.76. The van der Waals surface area contributed by atoms with E-state index in [-0.39, 0.29) is 11.3 Å². The monoisotopic (exact) mass is 542 g/mol. The van der Waals surface area contributed by atoms with Gasteiger partial charge in [-0.3, -0.25) is 23.1 Å². The third-order valence-corrected chi connectivity index (χ3v) is 11.7. The lowest BCUT2D eigenvalue weighted by atomic mass is 10.2. The number of carbonyl (C=O) groups is 1. The third-order valence-electron chi connectivity index (χ3n) is 4.09. The first-order chi connectivity index (χ1) is 14.2. The van der Waals surface area contributed by atoms with Gasteiger partial charge in [-0.25, -0.2) is 0 Å². The van der Waals surface area contributed by atoms with E-state index in [4.69, 9.17) is 39.1 Å². The summed E-state index contributed by atoms with van der Waals surface area (Å²) in [5.74, 6) is -0.862. The summed E-state index contributed by atoms with van der Waals surface area (Å²) < 4.78 is 45.0. The Bertz CT molecular complexity index is 961. The van der Waals surface area contributed by atoms with Gasteiger partial charge in [0, 0.05) is 30.8 Å². The minimum Gasteiger partial charge on any atom is -0.383 e. The van der Waals surface area contributed by atoms with Crippen molar-refractivity contribution in [3.8, 4) is 0 Å². The lowest BCUT2D eigenvalue weighted by Crippen LogP contribution is -2.35. The quantitative estimate of drug-likeness (QED) is 0.148. The molecule has 0 aliphatic heterocycles. The summed E-state index contributed by atoms with van der Waals surface area (Å²) in [5.41, 5.74) is 0.0683. The fourth-order valence-corrected chi connectivity index (χ4v) is 6.68. The Morgan fingerprint density at radius 3 is 1.66 bits per heavy atom. The molecule has 0 aliphatic rings. The predicted molar refractivity (Wildman–Crippen MR) is 109 cm³/mol. The van der Waals surface area contributed by atoms with Gasteiger partial charge in [0.2, 0.25) is 0 Å². The number of carbonyl (C=O) groups excluding carboxylic acids is 1. The number of nitrogens with one attached hydrogen (secondary N) is 2. The molecule has 0 aliphatic carbocycles. The van der Waals surface area contributed by atoms with Crippen LogP contribution in [0.3, 0.4) is 0 Å². The van der Waals surface area contributed by atoms with E-state index in [9.17, 15) is 28.2 Å². The van der Waals surface area contributed by atoms with Gasteiger partial charge in [-0.2, -0.15) is 0 Å². The van der Waals surface area contributed by atoms with Crippen molar-refractivity contribution in [1.29, 1.82) is 0 Å². The minimum atomic E-state index is -5.67. The molecule has 184 valence electrons. The highest BCUT2D eigenvalue weighted by molar-refractivity contribution is 7.72. The fourth-order valence-electron chi connectivity index (χ4n) is 2.29. The van der Waals surface area contributed by atoms with Gasteiger partial charge in [0.25, 0.3) is 11.0 Å². The summed E-state index contributed by atoms with van der Waals surface area (Å²) in [4.78, 5) is 84.4. The molecule has 0 atom stereocenters.